The largest absolute Gasteiger partial charge is 0.462 e. The first-order chi connectivity index (χ1) is 28.4. The first-order valence-electron chi connectivity index (χ1n) is 25.9. The van der Waals surface area contributed by atoms with E-state index in [1.807, 2.05) is 0 Å². The van der Waals surface area contributed by atoms with Crippen LogP contribution in [-0.2, 0) is 28.6 Å². The lowest BCUT2D eigenvalue weighted by Gasteiger charge is -2.18. The monoisotopic (exact) mass is 821 g/mol. The highest BCUT2D eigenvalue weighted by atomic mass is 16.6. The summed E-state index contributed by atoms with van der Waals surface area (Å²) >= 11 is 0. The van der Waals surface area contributed by atoms with Crippen LogP contribution >= 0.6 is 0 Å². The van der Waals surface area contributed by atoms with E-state index < -0.39 is 6.10 Å². The number of ether oxygens (including phenoxy) is 3. The van der Waals surface area contributed by atoms with Crippen molar-refractivity contribution in [2.24, 2.45) is 5.92 Å². The first kappa shape index (κ1) is 56.4. The van der Waals surface area contributed by atoms with Crippen LogP contribution in [0.3, 0.4) is 0 Å². The predicted octanol–water partition coefficient (Wildman–Crippen LogP) is 16.7. The van der Waals surface area contributed by atoms with Gasteiger partial charge in [-0.1, -0.05) is 252 Å². The minimum absolute atomic E-state index is 0.0629. The van der Waals surface area contributed by atoms with E-state index in [0.29, 0.717) is 19.3 Å². The maximum atomic E-state index is 12.8. The summed E-state index contributed by atoms with van der Waals surface area (Å²) in [6, 6.07) is 0. The first-order valence-corrected chi connectivity index (χ1v) is 25.9. The van der Waals surface area contributed by atoms with Crippen LogP contribution in [0, 0.1) is 5.92 Å². The second-order valence-electron chi connectivity index (χ2n) is 18.3. The minimum atomic E-state index is -0.760. The van der Waals surface area contributed by atoms with Gasteiger partial charge in [-0.25, -0.2) is 0 Å². The average Bonchev–Trinajstić information content (AvgIpc) is 3.21. The Bertz CT molecular complexity index is 872. The summed E-state index contributed by atoms with van der Waals surface area (Å²) in [5.41, 5.74) is 0. The topological polar surface area (TPSA) is 78.9 Å². The van der Waals surface area contributed by atoms with Crippen molar-refractivity contribution in [3.8, 4) is 0 Å². The van der Waals surface area contributed by atoms with Gasteiger partial charge in [-0.15, -0.1) is 0 Å². The van der Waals surface area contributed by atoms with Crippen LogP contribution in [0.1, 0.15) is 291 Å². The van der Waals surface area contributed by atoms with E-state index in [4.69, 9.17) is 14.2 Å². The minimum Gasteiger partial charge on any atom is -0.462 e. The van der Waals surface area contributed by atoms with Crippen molar-refractivity contribution >= 4 is 17.9 Å². The fourth-order valence-corrected chi connectivity index (χ4v) is 7.86. The molecule has 0 heterocycles. The van der Waals surface area contributed by atoms with Gasteiger partial charge in [-0.05, 0) is 25.2 Å². The van der Waals surface area contributed by atoms with Crippen molar-refractivity contribution < 1.29 is 28.6 Å². The second-order valence-corrected chi connectivity index (χ2v) is 18.3. The fourth-order valence-electron chi connectivity index (χ4n) is 7.86. The van der Waals surface area contributed by atoms with Crippen molar-refractivity contribution in [2.45, 2.75) is 297 Å². The van der Waals surface area contributed by atoms with Crippen LogP contribution < -0.4 is 0 Å². The van der Waals surface area contributed by atoms with Gasteiger partial charge in [0.15, 0.2) is 6.10 Å². The lowest BCUT2D eigenvalue weighted by atomic mass is 10.0. The van der Waals surface area contributed by atoms with Gasteiger partial charge in [0.2, 0.25) is 0 Å². The Morgan fingerprint density at radius 3 is 0.845 bits per heavy atom. The summed E-state index contributed by atoms with van der Waals surface area (Å²) in [7, 11) is 0. The van der Waals surface area contributed by atoms with Crippen molar-refractivity contribution in [1.29, 1.82) is 0 Å². The zero-order valence-corrected chi connectivity index (χ0v) is 39.5. The zero-order chi connectivity index (χ0) is 42.4. The Morgan fingerprint density at radius 2 is 0.569 bits per heavy atom. The van der Waals surface area contributed by atoms with Crippen molar-refractivity contribution in [2.75, 3.05) is 13.2 Å². The van der Waals surface area contributed by atoms with Crippen LogP contribution in [0.25, 0.3) is 0 Å². The molecule has 0 aliphatic carbocycles. The van der Waals surface area contributed by atoms with Crippen LogP contribution in [-0.4, -0.2) is 37.2 Å². The Morgan fingerprint density at radius 1 is 0.328 bits per heavy atom. The molecular weight excluding hydrogens is 721 g/mol. The van der Waals surface area contributed by atoms with Crippen LogP contribution in [0.5, 0.6) is 0 Å². The second kappa shape index (κ2) is 46.5. The van der Waals surface area contributed by atoms with Gasteiger partial charge in [-0.3, -0.25) is 14.4 Å². The number of unbranched alkanes of at least 4 members (excludes halogenated alkanes) is 34. The third-order valence-electron chi connectivity index (χ3n) is 11.8. The molecule has 0 spiro atoms. The van der Waals surface area contributed by atoms with Crippen molar-refractivity contribution in [3.63, 3.8) is 0 Å². The lowest BCUT2D eigenvalue weighted by Crippen LogP contribution is -2.30. The molecule has 0 radical (unpaired) electrons. The molecule has 0 fully saturated rings. The maximum absolute atomic E-state index is 12.8. The molecule has 344 valence electrons. The van der Waals surface area contributed by atoms with E-state index in [1.165, 1.54) is 186 Å². The highest BCUT2D eigenvalue weighted by molar-refractivity contribution is 5.71. The number of hydrogen-bond donors (Lipinski definition) is 0. The van der Waals surface area contributed by atoms with E-state index >= 15 is 0 Å². The van der Waals surface area contributed by atoms with Gasteiger partial charge >= 0.3 is 17.9 Å². The number of hydrogen-bond acceptors (Lipinski definition) is 6. The molecule has 0 rings (SSSR count). The molecule has 0 N–H and O–H groups in total. The van der Waals surface area contributed by atoms with E-state index in [9.17, 15) is 14.4 Å². The molecule has 0 unspecified atom stereocenters. The molecule has 0 aromatic heterocycles. The van der Waals surface area contributed by atoms with Crippen LogP contribution in [0.4, 0.5) is 0 Å². The normalized spacial score (nSPS) is 11.9. The Kier molecular flexibility index (Phi) is 45.2. The standard InChI is InChI=1S/C52H100O6/c1-5-7-9-11-13-15-17-19-20-21-22-24-27-31-35-39-43-50(53)56-46-49(58-52(55)45-41-37-33-28-23-18-16-14-12-10-8-6-2)47-57-51(54)44-40-36-32-29-25-26-30-34-38-42-48(3)4/h48-49H,5-47H2,1-4H3/t49-/m0/s1. The van der Waals surface area contributed by atoms with Crippen LogP contribution in [0.15, 0.2) is 0 Å². The number of rotatable bonds is 47. The quantitative estimate of drug-likeness (QED) is 0.0346. The summed E-state index contributed by atoms with van der Waals surface area (Å²) in [6.07, 6.45) is 48.0. The molecule has 58 heavy (non-hydrogen) atoms. The smallest absolute Gasteiger partial charge is 0.306 e. The van der Waals surface area contributed by atoms with E-state index in [-0.39, 0.29) is 31.1 Å². The summed E-state index contributed by atoms with van der Waals surface area (Å²) in [5.74, 6) is -0.0369. The van der Waals surface area contributed by atoms with Gasteiger partial charge in [0, 0.05) is 19.3 Å². The molecule has 0 bridgehead atoms. The number of carbonyl (C=O) groups excluding carboxylic acids is 3. The fraction of sp³-hybridized carbons (Fsp3) is 0.942. The molecule has 0 saturated carbocycles. The van der Waals surface area contributed by atoms with Crippen molar-refractivity contribution in [3.05, 3.63) is 0 Å². The van der Waals surface area contributed by atoms with E-state index in [2.05, 4.69) is 27.7 Å². The molecule has 0 aromatic rings. The van der Waals surface area contributed by atoms with Gasteiger partial charge < -0.3 is 14.2 Å². The molecule has 0 saturated heterocycles. The molecule has 6 nitrogen and oxygen atoms in total. The maximum Gasteiger partial charge on any atom is 0.306 e. The van der Waals surface area contributed by atoms with Gasteiger partial charge in [0.25, 0.3) is 0 Å². The number of carbonyl (C=O) groups is 3. The summed E-state index contributed by atoms with van der Waals surface area (Å²) < 4.78 is 16.8. The number of esters is 3. The van der Waals surface area contributed by atoms with E-state index in [1.54, 1.807) is 0 Å². The molecule has 0 amide bonds. The SMILES string of the molecule is CCCCCCCCCCCCCCCCCCC(=O)OC[C@@H](COC(=O)CCCCCCCCCCCC(C)C)OC(=O)CCCCCCCCCCCCCC. The highest BCUT2D eigenvalue weighted by Gasteiger charge is 2.19. The molecule has 0 aliphatic heterocycles. The molecule has 1 atom stereocenters. The summed E-state index contributed by atoms with van der Waals surface area (Å²) in [6.45, 7) is 9.00. The van der Waals surface area contributed by atoms with E-state index in [0.717, 1.165) is 63.7 Å². The predicted molar refractivity (Wildman–Crippen MR) is 247 cm³/mol. The lowest BCUT2D eigenvalue weighted by molar-refractivity contribution is -0.167. The Balaban J connectivity index is 4.29. The van der Waals surface area contributed by atoms with Crippen molar-refractivity contribution in [1.82, 2.24) is 0 Å². The van der Waals surface area contributed by atoms with Crippen LogP contribution in [0.2, 0.25) is 0 Å². The molecule has 0 aromatic carbocycles. The summed E-state index contributed by atoms with van der Waals surface area (Å²) in [5, 5.41) is 0. The third-order valence-corrected chi connectivity index (χ3v) is 11.8. The van der Waals surface area contributed by atoms with Gasteiger partial charge in [0.05, 0.1) is 0 Å². The van der Waals surface area contributed by atoms with Gasteiger partial charge in [0.1, 0.15) is 13.2 Å². The highest BCUT2D eigenvalue weighted by Crippen LogP contribution is 2.17. The Labute approximate surface area is 361 Å². The molecular formula is C52H100O6. The zero-order valence-electron chi connectivity index (χ0n) is 39.5. The average molecular weight is 821 g/mol. The Hall–Kier alpha value is -1.59. The summed E-state index contributed by atoms with van der Waals surface area (Å²) in [4.78, 5) is 37.9. The van der Waals surface area contributed by atoms with Gasteiger partial charge in [-0.2, -0.15) is 0 Å². The molecule has 0 aliphatic rings. The third kappa shape index (κ3) is 45.5. The molecule has 6 heteroatoms.